The third-order valence-electron chi connectivity index (χ3n) is 5.26. The molecule has 1 aromatic rings. The van der Waals surface area contributed by atoms with Gasteiger partial charge in [0.15, 0.2) is 0 Å². The molecule has 0 aliphatic heterocycles. The number of sulfonamides is 1. The van der Waals surface area contributed by atoms with Gasteiger partial charge >= 0.3 is 0 Å². The zero-order valence-electron chi connectivity index (χ0n) is 12.8. The molecule has 114 valence electrons. The number of hydrogen-bond donors (Lipinski definition) is 1. The van der Waals surface area contributed by atoms with Gasteiger partial charge in [0.05, 0.1) is 4.90 Å². The van der Waals surface area contributed by atoms with E-state index in [2.05, 4.69) is 23.8 Å². The van der Waals surface area contributed by atoms with E-state index in [1.54, 1.807) is 24.3 Å². The van der Waals surface area contributed by atoms with Gasteiger partial charge in [-0.1, -0.05) is 31.5 Å². The first-order chi connectivity index (χ1) is 9.80. The van der Waals surface area contributed by atoms with Gasteiger partial charge in [-0.25, -0.2) is 4.83 Å². The summed E-state index contributed by atoms with van der Waals surface area (Å²) in [6.07, 6.45) is 3.18. The molecule has 5 heteroatoms. The maximum atomic E-state index is 12.2. The van der Waals surface area contributed by atoms with E-state index in [0.29, 0.717) is 5.92 Å². The van der Waals surface area contributed by atoms with Gasteiger partial charge in [-0.15, -0.1) is 0 Å². The van der Waals surface area contributed by atoms with Crippen LogP contribution >= 0.6 is 0 Å². The van der Waals surface area contributed by atoms with E-state index in [1.807, 2.05) is 6.92 Å². The lowest BCUT2D eigenvalue weighted by molar-refractivity contribution is 0.00121. The van der Waals surface area contributed by atoms with Crippen LogP contribution in [-0.2, 0) is 10.0 Å². The summed E-state index contributed by atoms with van der Waals surface area (Å²) in [6, 6.07) is 6.81. The maximum absolute atomic E-state index is 12.2. The monoisotopic (exact) mass is 306 g/mol. The average Bonchev–Trinajstić information content (AvgIpc) is 2.45. The van der Waals surface area contributed by atoms with Crippen LogP contribution in [-0.4, -0.2) is 14.1 Å². The number of hydrazone groups is 1. The Bertz CT molecular complexity index is 673. The number of aryl methyl sites for hydroxylation is 1. The van der Waals surface area contributed by atoms with Crippen molar-refractivity contribution in [3.8, 4) is 0 Å². The second-order valence-electron chi connectivity index (χ2n) is 6.86. The van der Waals surface area contributed by atoms with Crippen molar-refractivity contribution in [2.75, 3.05) is 0 Å². The van der Waals surface area contributed by atoms with E-state index < -0.39 is 10.0 Å². The van der Waals surface area contributed by atoms with Gasteiger partial charge in [0.1, 0.15) is 0 Å². The molecule has 0 amide bonds. The van der Waals surface area contributed by atoms with E-state index in [4.69, 9.17) is 0 Å². The number of hydrogen-bond acceptors (Lipinski definition) is 3. The van der Waals surface area contributed by atoms with E-state index in [1.165, 1.54) is 0 Å². The van der Waals surface area contributed by atoms with Crippen molar-refractivity contribution in [3.63, 3.8) is 0 Å². The lowest BCUT2D eigenvalue weighted by Gasteiger charge is -2.56. The molecule has 1 N–H and O–H groups in total. The first-order valence-corrected chi connectivity index (χ1v) is 8.94. The molecule has 3 aliphatic carbocycles. The van der Waals surface area contributed by atoms with Gasteiger partial charge in [0.2, 0.25) is 0 Å². The summed E-state index contributed by atoms with van der Waals surface area (Å²) in [5, 5.41) is 4.25. The third-order valence-corrected chi connectivity index (χ3v) is 6.49. The number of benzene rings is 1. The van der Waals surface area contributed by atoms with Crippen LogP contribution < -0.4 is 4.83 Å². The zero-order valence-corrected chi connectivity index (χ0v) is 13.6. The summed E-state index contributed by atoms with van der Waals surface area (Å²) in [5.74, 6) is 1.20. The van der Waals surface area contributed by atoms with Crippen molar-refractivity contribution in [1.82, 2.24) is 4.83 Å². The van der Waals surface area contributed by atoms with Gasteiger partial charge in [-0.05, 0) is 49.7 Å². The van der Waals surface area contributed by atoms with E-state index in [0.717, 1.165) is 36.5 Å². The maximum Gasteiger partial charge on any atom is 0.276 e. The van der Waals surface area contributed by atoms with E-state index >= 15 is 0 Å². The lowest BCUT2D eigenvalue weighted by atomic mass is 9.48. The Labute approximate surface area is 126 Å². The van der Waals surface area contributed by atoms with Crippen LogP contribution in [0.2, 0.25) is 0 Å². The van der Waals surface area contributed by atoms with Gasteiger partial charge in [-0.3, -0.25) is 0 Å². The Morgan fingerprint density at radius 1 is 1.24 bits per heavy atom. The molecule has 4 nitrogen and oxygen atoms in total. The second kappa shape index (κ2) is 4.83. The highest BCUT2D eigenvalue weighted by molar-refractivity contribution is 7.89. The quantitative estimate of drug-likeness (QED) is 0.872. The number of nitrogens with one attached hydrogen (secondary N) is 1. The summed E-state index contributed by atoms with van der Waals surface area (Å²) in [5.41, 5.74) is 2.32. The second-order valence-corrected chi connectivity index (χ2v) is 8.52. The van der Waals surface area contributed by atoms with Crippen LogP contribution in [0, 0.1) is 24.2 Å². The Hall–Kier alpha value is -1.36. The van der Waals surface area contributed by atoms with E-state index in [9.17, 15) is 8.42 Å². The van der Waals surface area contributed by atoms with Crippen molar-refractivity contribution in [2.45, 2.75) is 44.9 Å². The minimum absolute atomic E-state index is 0.263. The van der Waals surface area contributed by atoms with Crippen LogP contribution in [0.15, 0.2) is 34.3 Å². The number of rotatable bonds is 3. The van der Waals surface area contributed by atoms with Crippen LogP contribution in [0.25, 0.3) is 0 Å². The van der Waals surface area contributed by atoms with Crippen molar-refractivity contribution in [2.24, 2.45) is 22.4 Å². The first-order valence-electron chi connectivity index (χ1n) is 7.45. The molecule has 0 saturated heterocycles. The fraction of sp³-hybridized carbons (Fsp3) is 0.562. The molecule has 3 saturated carbocycles. The molecule has 2 atom stereocenters. The van der Waals surface area contributed by atoms with Crippen LogP contribution in [0.3, 0.4) is 0 Å². The average molecular weight is 306 g/mol. The van der Waals surface area contributed by atoms with E-state index in [-0.39, 0.29) is 10.3 Å². The van der Waals surface area contributed by atoms with Crippen LogP contribution in [0.5, 0.6) is 0 Å². The third kappa shape index (κ3) is 2.48. The molecule has 3 fully saturated rings. The molecule has 0 aromatic heterocycles. The minimum Gasteiger partial charge on any atom is -0.200 e. The Morgan fingerprint density at radius 2 is 1.90 bits per heavy atom. The molecule has 4 rings (SSSR count). The molecule has 2 bridgehead atoms. The van der Waals surface area contributed by atoms with Gasteiger partial charge in [-0.2, -0.15) is 13.5 Å². The number of fused-ring (bicyclic) bond motifs is 2. The van der Waals surface area contributed by atoms with Crippen molar-refractivity contribution < 1.29 is 8.42 Å². The minimum atomic E-state index is -3.56. The highest BCUT2D eigenvalue weighted by atomic mass is 32.2. The Morgan fingerprint density at radius 3 is 2.48 bits per heavy atom. The summed E-state index contributed by atoms with van der Waals surface area (Å²) >= 11 is 0. The first kappa shape index (κ1) is 14.6. The molecule has 0 unspecified atom stereocenters. The fourth-order valence-electron chi connectivity index (χ4n) is 3.59. The molecule has 1 aromatic carbocycles. The number of nitrogens with zero attached hydrogens (tertiary/aromatic N) is 1. The smallest absolute Gasteiger partial charge is 0.200 e. The standard InChI is InChI=1S/C16H22N2O2S/c1-11-4-7-13(8-5-11)21(19,20)18-17-15-9-6-12-10-14(15)16(12,2)3/h4-5,7-8,12,14,18H,6,9-10H2,1-3H3/b17-15+/t12-,14+/m1/s1. The largest absolute Gasteiger partial charge is 0.276 e. The molecule has 0 heterocycles. The molecule has 0 radical (unpaired) electrons. The summed E-state index contributed by atoms with van der Waals surface area (Å²) < 4.78 is 24.5. The summed E-state index contributed by atoms with van der Waals surface area (Å²) in [7, 11) is -3.56. The normalized spacial score (nSPS) is 29.0. The summed E-state index contributed by atoms with van der Waals surface area (Å²) in [4.78, 5) is 2.68. The van der Waals surface area contributed by atoms with Gasteiger partial charge in [0, 0.05) is 11.6 Å². The van der Waals surface area contributed by atoms with Crippen LogP contribution in [0.1, 0.15) is 38.7 Å². The van der Waals surface area contributed by atoms with Crippen molar-refractivity contribution >= 4 is 15.7 Å². The molecular formula is C16H22N2O2S. The molecule has 0 spiro atoms. The fourth-order valence-corrected chi connectivity index (χ4v) is 4.43. The lowest BCUT2D eigenvalue weighted by Crippen LogP contribution is -2.53. The van der Waals surface area contributed by atoms with Gasteiger partial charge in [0.25, 0.3) is 10.0 Å². The van der Waals surface area contributed by atoms with Crippen molar-refractivity contribution in [3.05, 3.63) is 29.8 Å². The van der Waals surface area contributed by atoms with Gasteiger partial charge < -0.3 is 0 Å². The highest BCUT2D eigenvalue weighted by Gasteiger charge is 2.53. The Kier molecular flexibility index (Phi) is 3.35. The van der Waals surface area contributed by atoms with Crippen LogP contribution in [0.4, 0.5) is 0 Å². The predicted octanol–water partition coefficient (Wildman–Crippen LogP) is 3.09. The molecule has 3 aliphatic rings. The highest BCUT2D eigenvalue weighted by Crippen LogP contribution is 2.57. The topological polar surface area (TPSA) is 58.5 Å². The summed E-state index contributed by atoms with van der Waals surface area (Å²) in [6.45, 7) is 6.45. The SMILES string of the molecule is Cc1ccc(S(=O)(=O)N/N=C2\CC[C@@H]3C[C@@H]2C3(C)C)cc1. The zero-order chi connectivity index (χ0) is 15.3. The molecule has 21 heavy (non-hydrogen) atoms. The van der Waals surface area contributed by atoms with Crippen molar-refractivity contribution in [1.29, 1.82) is 0 Å². The molecular weight excluding hydrogens is 284 g/mol. The Balaban J connectivity index is 1.77. The predicted molar refractivity (Wildman–Crippen MR) is 83.5 cm³/mol.